The van der Waals surface area contributed by atoms with E-state index in [1.165, 1.54) is 6.07 Å². The third kappa shape index (κ3) is 4.50. The van der Waals surface area contributed by atoms with Gasteiger partial charge in [0.1, 0.15) is 5.82 Å². The summed E-state index contributed by atoms with van der Waals surface area (Å²) in [5.74, 6) is -3.28. The predicted octanol–water partition coefficient (Wildman–Crippen LogP) is 3.36. The van der Waals surface area contributed by atoms with Crippen molar-refractivity contribution in [2.45, 2.75) is 25.0 Å². The highest BCUT2D eigenvalue weighted by atomic mass is 19.1. The molecule has 34 heavy (non-hydrogen) atoms. The molecule has 1 aromatic heterocycles. The molecule has 0 spiro atoms. The van der Waals surface area contributed by atoms with Crippen molar-refractivity contribution in [1.29, 1.82) is 0 Å². The maximum atomic E-state index is 15.0. The number of rotatable bonds is 8. The Labute approximate surface area is 196 Å². The highest BCUT2D eigenvalue weighted by Gasteiger charge is 2.42. The monoisotopic (exact) mass is 466 g/mol. The first-order chi connectivity index (χ1) is 16.3. The van der Waals surface area contributed by atoms with Gasteiger partial charge in [-0.25, -0.2) is 4.39 Å². The molecule has 9 heteroatoms. The summed E-state index contributed by atoms with van der Waals surface area (Å²) >= 11 is 0. The van der Waals surface area contributed by atoms with E-state index in [-0.39, 0.29) is 18.0 Å². The SMILES string of the molecule is C=NC(N)(c1onc(C(C)c2ccc(-c3ccccc3)c(F)c2)c1CC(=O)O)N1CCOCC1. The van der Waals surface area contributed by atoms with Gasteiger partial charge in [0.15, 0.2) is 5.76 Å². The van der Waals surface area contributed by atoms with Crippen molar-refractivity contribution >= 4 is 12.7 Å². The van der Waals surface area contributed by atoms with E-state index in [0.29, 0.717) is 48.7 Å². The van der Waals surface area contributed by atoms with Gasteiger partial charge in [0.2, 0.25) is 5.79 Å². The Morgan fingerprint density at radius 1 is 1.29 bits per heavy atom. The minimum Gasteiger partial charge on any atom is -0.481 e. The van der Waals surface area contributed by atoms with Crippen LogP contribution in [0.4, 0.5) is 4.39 Å². The van der Waals surface area contributed by atoms with Crippen LogP contribution in [0.15, 0.2) is 58.0 Å². The number of morpholine rings is 1. The second kappa shape index (κ2) is 9.84. The van der Waals surface area contributed by atoms with E-state index in [1.807, 2.05) is 42.2 Å². The molecule has 2 atom stereocenters. The Kier molecular flexibility index (Phi) is 6.87. The Morgan fingerprint density at radius 2 is 2.00 bits per heavy atom. The van der Waals surface area contributed by atoms with Crippen molar-refractivity contribution in [1.82, 2.24) is 10.1 Å². The van der Waals surface area contributed by atoms with Crippen LogP contribution in [0.1, 0.15) is 35.4 Å². The number of nitrogens with two attached hydrogens (primary N) is 1. The van der Waals surface area contributed by atoms with Gasteiger partial charge in [-0.1, -0.05) is 54.5 Å². The molecule has 0 bridgehead atoms. The minimum absolute atomic E-state index is 0.120. The lowest BCUT2D eigenvalue weighted by Crippen LogP contribution is -2.56. The van der Waals surface area contributed by atoms with Crippen LogP contribution < -0.4 is 5.73 Å². The highest BCUT2D eigenvalue weighted by Crippen LogP contribution is 2.36. The number of halogens is 1. The fraction of sp³-hybridized carbons (Fsp3) is 0.320. The first kappa shape index (κ1) is 23.7. The smallest absolute Gasteiger partial charge is 0.308 e. The molecular formula is C25H27FN4O4. The lowest BCUT2D eigenvalue weighted by molar-refractivity contribution is -0.136. The zero-order valence-electron chi connectivity index (χ0n) is 18.9. The zero-order chi connectivity index (χ0) is 24.3. The van der Waals surface area contributed by atoms with E-state index in [2.05, 4.69) is 16.9 Å². The summed E-state index contributed by atoms with van der Waals surface area (Å²) < 4.78 is 26.0. The number of carboxylic acids is 1. The third-order valence-corrected chi connectivity index (χ3v) is 6.20. The molecule has 1 fully saturated rings. The second-order valence-electron chi connectivity index (χ2n) is 8.26. The molecule has 178 valence electrons. The molecule has 3 aromatic rings. The molecule has 4 rings (SSSR count). The molecule has 2 unspecified atom stereocenters. The number of benzene rings is 2. The molecule has 0 amide bonds. The molecule has 1 aliphatic heterocycles. The average molecular weight is 467 g/mol. The van der Waals surface area contributed by atoms with Gasteiger partial charge in [-0.3, -0.25) is 20.4 Å². The van der Waals surface area contributed by atoms with Crippen molar-refractivity contribution in [3.05, 3.63) is 76.9 Å². The number of carbonyl (C=O) groups is 1. The number of aliphatic carboxylic acids is 1. The number of aromatic nitrogens is 1. The number of nitrogens with zero attached hydrogens (tertiary/aromatic N) is 3. The molecule has 1 saturated heterocycles. The van der Waals surface area contributed by atoms with Crippen molar-refractivity contribution in [3.8, 4) is 11.1 Å². The normalized spacial score (nSPS) is 17.1. The van der Waals surface area contributed by atoms with Gasteiger partial charge in [0, 0.05) is 30.1 Å². The van der Waals surface area contributed by atoms with Crippen LogP contribution >= 0.6 is 0 Å². The van der Waals surface area contributed by atoms with Crippen LogP contribution in [-0.4, -0.2) is 54.2 Å². The standard InChI is InChI=1S/C25H27FN4O4/c1-16(18-8-9-19(21(26)14-18)17-6-4-3-5-7-17)23-20(15-22(31)32)24(34-29-23)25(27,28-2)30-10-12-33-13-11-30/h3-9,14,16H,2,10-13,15,27H2,1H3,(H,31,32). The quantitative estimate of drug-likeness (QED) is 0.489. The predicted molar refractivity (Wildman–Crippen MR) is 125 cm³/mol. The Bertz CT molecular complexity index is 1180. The zero-order valence-corrected chi connectivity index (χ0v) is 18.9. The van der Waals surface area contributed by atoms with Gasteiger partial charge in [-0.2, -0.15) is 0 Å². The van der Waals surface area contributed by atoms with Gasteiger partial charge < -0.3 is 14.4 Å². The van der Waals surface area contributed by atoms with Crippen molar-refractivity contribution < 1.29 is 23.6 Å². The van der Waals surface area contributed by atoms with E-state index in [4.69, 9.17) is 15.0 Å². The number of ether oxygens (including phenoxy) is 1. The lowest BCUT2D eigenvalue weighted by atomic mass is 9.90. The highest BCUT2D eigenvalue weighted by molar-refractivity contribution is 5.71. The Balaban J connectivity index is 1.73. The minimum atomic E-state index is -1.50. The fourth-order valence-corrected chi connectivity index (χ4v) is 4.30. The van der Waals surface area contributed by atoms with E-state index in [0.717, 1.165) is 5.56 Å². The number of hydrogen-bond acceptors (Lipinski definition) is 7. The maximum absolute atomic E-state index is 15.0. The van der Waals surface area contributed by atoms with Gasteiger partial charge in [-0.05, 0) is 23.9 Å². The summed E-state index contributed by atoms with van der Waals surface area (Å²) in [7, 11) is 0. The van der Waals surface area contributed by atoms with Gasteiger partial charge in [0.25, 0.3) is 0 Å². The van der Waals surface area contributed by atoms with Gasteiger partial charge in [0.05, 0.1) is 25.3 Å². The Hall–Kier alpha value is -3.40. The van der Waals surface area contributed by atoms with Gasteiger partial charge >= 0.3 is 5.97 Å². The first-order valence-corrected chi connectivity index (χ1v) is 11.0. The molecule has 0 radical (unpaired) electrons. The largest absolute Gasteiger partial charge is 0.481 e. The van der Waals surface area contributed by atoms with E-state index >= 15 is 4.39 Å². The van der Waals surface area contributed by atoms with Crippen molar-refractivity contribution in [2.24, 2.45) is 10.7 Å². The molecule has 2 aromatic carbocycles. The first-order valence-electron chi connectivity index (χ1n) is 11.0. The van der Waals surface area contributed by atoms with E-state index in [9.17, 15) is 9.90 Å². The summed E-state index contributed by atoms with van der Waals surface area (Å²) in [5.41, 5.74) is 9.15. The Morgan fingerprint density at radius 3 is 2.62 bits per heavy atom. The van der Waals surface area contributed by atoms with Gasteiger partial charge in [-0.15, -0.1) is 0 Å². The molecule has 2 heterocycles. The van der Waals surface area contributed by atoms with Crippen LogP contribution in [0.5, 0.6) is 0 Å². The number of carboxylic acid groups (broad SMARTS) is 1. The topological polar surface area (TPSA) is 114 Å². The number of hydrogen-bond donors (Lipinski definition) is 2. The van der Waals surface area contributed by atoms with Crippen LogP contribution in [-0.2, 0) is 21.7 Å². The third-order valence-electron chi connectivity index (χ3n) is 6.20. The van der Waals surface area contributed by atoms with E-state index in [1.54, 1.807) is 12.1 Å². The second-order valence-corrected chi connectivity index (χ2v) is 8.26. The fourth-order valence-electron chi connectivity index (χ4n) is 4.30. The molecule has 1 aliphatic rings. The van der Waals surface area contributed by atoms with Crippen LogP contribution in [0.2, 0.25) is 0 Å². The molecular weight excluding hydrogens is 439 g/mol. The number of aliphatic imine (C=N–C) groups is 1. The summed E-state index contributed by atoms with van der Waals surface area (Å²) in [6.07, 6.45) is -0.373. The van der Waals surface area contributed by atoms with E-state index < -0.39 is 17.7 Å². The summed E-state index contributed by atoms with van der Waals surface area (Å²) in [4.78, 5) is 17.6. The van der Waals surface area contributed by atoms with Crippen molar-refractivity contribution in [3.63, 3.8) is 0 Å². The van der Waals surface area contributed by atoms with Crippen molar-refractivity contribution in [2.75, 3.05) is 26.3 Å². The molecule has 0 saturated carbocycles. The summed E-state index contributed by atoms with van der Waals surface area (Å²) in [6, 6.07) is 14.2. The maximum Gasteiger partial charge on any atom is 0.308 e. The summed E-state index contributed by atoms with van der Waals surface area (Å²) in [6.45, 7) is 7.29. The molecule has 0 aliphatic carbocycles. The average Bonchev–Trinajstić information content (AvgIpc) is 3.27. The summed E-state index contributed by atoms with van der Waals surface area (Å²) in [5, 5.41) is 13.8. The van der Waals surface area contributed by atoms with Crippen LogP contribution in [0, 0.1) is 5.82 Å². The molecule has 3 N–H and O–H groups in total. The lowest BCUT2D eigenvalue weighted by Gasteiger charge is -2.38. The van der Waals surface area contributed by atoms with Crippen LogP contribution in [0.25, 0.3) is 11.1 Å². The van der Waals surface area contributed by atoms with Crippen LogP contribution in [0.3, 0.4) is 0 Å². The molecule has 8 nitrogen and oxygen atoms in total.